The molecule has 0 radical (unpaired) electrons. The monoisotopic (exact) mass is 227 g/mol. The van der Waals surface area contributed by atoms with Crippen molar-refractivity contribution >= 4 is 11.9 Å². The van der Waals surface area contributed by atoms with Gasteiger partial charge in [0.2, 0.25) is 6.08 Å². The molecule has 0 aliphatic carbocycles. The third-order valence-corrected chi connectivity index (χ3v) is 2.20. The largest absolute Gasteiger partial charge is 0.497 e. The van der Waals surface area contributed by atoms with Crippen molar-refractivity contribution in [1.29, 1.82) is 0 Å². The van der Waals surface area contributed by atoms with Gasteiger partial charge in [-0.1, -0.05) is 0 Å². The third-order valence-electron chi connectivity index (χ3n) is 2.20. The van der Waals surface area contributed by atoms with Gasteiger partial charge < -0.3 is 4.74 Å². The molecule has 1 aromatic heterocycles. The zero-order chi connectivity index (χ0) is 12.1. The first-order chi connectivity index (χ1) is 8.33. The number of methoxy groups -OCH3 is 1. The van der Waals surface area contributed by atoms with Crippen LogP contribution < -0.4 is 4.74 Å². The third kappa shape index (κ3) is 2.53. The zero-order valence-corrected chi connectivity index (χ0v) is 9.12. The van der Waals surface area contributed by atoms with Crippen LogP contribution >= 0.6 is 0 Å². The molecule has 5 nitrogen and oxygen atoms in total. The Labute approximate surface area is 97.8 Å². The topological polar surface area (TPSA) is 64.4 Å². The molecule has 5 heteroatoms. The summed E-state index contributed by atoms with van der Waals surface area (Å²) in [6.45, 7) is 0. The van der Waals surface area contributed by atoms with Crippen LogP contribution in [-0.2, 0) is 4.79 Å². The van der Waals surface area contributed by atoms with Gasteiger partial charge in [-0.15, -0.1) is 15.2 Å². The lowest BCUT2D eigenvalue weighted by molar-refractivity contribution is 0.415. The number of benzene rings is 1. The van der Waals surface area contributed by atoms with E-state index in [2.05, 4.69) is 15.2 Å². The number of hydrogen-bond donors (Lipinski definition) is 0. The number of isocyanates is 1. The molecule has 1 aromatic carbocycles. The highest BCUT2D eigenvalue weighted by molar-refractivity contribution is 5.60. The number of aliphatic imine (C=N–C) groups is 1. The lowest BCUT2D eigenvalue weighted by atomic mass is 10.1. The molecule has 0 atom stereocenters. The van der Waals surface area contributed by atoms with Crippen LogP contribution in [0.3, 0.4) is 0 Å². The molecular weight excluding hydrogens is 218 g/mol. The van der Waals surface area contributed by atoms with Crippen molar-refractivity contribution < 1.29 is 9.53 Å². The van der Waals surface area contributed by atoms with Crippen LogP contribution in [0.15, 0.2) is 41.4 Å². The number of aromatic nitrogens is 2. The molecule has 1 heterocycles. The Morgan fingerprint density at radius 1 is 1.12 bits per heavy atom. The molecule has 0 bridgehead atoms. The smallest absolute Gasteiger partial charge is 0.242 e. The second-order valence-corrected chi connectivity index (χ2v) is 3.21. The lowest BCUT2D eigenvalue weighted by Crippen LogP contribution is -1.87. The standard InChI is InChI=1S/C12H9N3O2/c1-17-10-4-2-9(3-5-10)11-6-7-12(13-8-16)15-14-11/h2-7H,1H3. The highest BCUT2D eigenvalue weighted by Gasteiger charge is 2.00. The molecule has 0 unspecified atom stereocenters. The van der Waals surface area contributed by atoms with Gasteiger partial charge in [-0.3, -0.25) is 0 Å². The van der Waals surface area contributed by atoms with Crippen molar-refractivity contribution in [2.24, 2.45) is 4.99 Å². The van der Waals surface area contributed by atoms with E-state index in [1.807, 2.05) is 24.3 Å². The van der Waals surface area contributed by atoms with Crippen LogP contribution in [0.5, 0.6) is 5.75 Å². The molecule has 0 aliphatic heterocycles. The van der Waals surface area contributed by atoms with E-state index in [4.69, 9.17) is 4.74 Å². The van der Waals surface area contributed by atoms with Crippen molar-refractivity contribution in [3.05, 3.63) is 36.4 Å². The summed E-state index contributed by atoms with van der Waals surface area (Å²) in [6, 6.07) is 10.8. The summed E-state index contributed by atoms with van der Waals surface area (Å²) in [6.07, 6.45) is 1.41. The van der Waals surface area contributed by atoms with E-state index < -0.39 is 0 Å². The minimum absolute atomic E-state index is 0.247. The molecule has 0 saturated carbocycles. The van der Waals surface area contributed by atoms with E-state index in [9.17, 15) is 4.79 Å². The number of carbonyl (C=O) groups excluding carboxylic acids is 1. The summed E-state index contributed by atoms with van der Waals surface area (Å²) in [7, 11) is 1.61. The van der Waals surface area contributed by atoms with Gasteiger partial charge >= 0.3 is 0 Å². The fraction of sp³-hybridized carbons (Fsp3) is 0.0833. The lowest BCUT2D eigenvalue weighted by Gasteiger charge is -2.02. The van der Waals surface area contributed by atoms with Crippen LogP contribution in [0.1, 0.15) is 0 Å². The molecule has 0 spiro atoms. The molecule has 0 aliphatic rings. The number of rotatable bonds is 3. The van der Waals surface area contributed by atoms with Gasteiger partial charge in [-0.25, -0.2) is 4.79 Å². The Bertz CT molecular complexity index is 543. The van der Waals surface area contributed by atoms with E-state index in [0.29, 0.717) is 5.69 Å². The fourth-order valence-corrected chi connectivity index (χ4v) is 1.35. The average molecular weight is 227 g/mol. The molecule has 0 saturated heterocycles. The van der Waals surface area contributed by atoms with Crippen molar-refractivity contribution in [3.63, 3.8) is 0 Å². The maximum Gasteiger partial charge on any atom is 0.242 e. The van der Waals surface area contributed by atoms with Gasteiger partial charge in [0.05, 0.1) is 12.8 Å². The summed E-state index contributed by atoms with van der Waals surface area (Å²) in [5, 5.41) is 7.74. The Hall–Kier alpha value is -2.52. The minimum atomic E-state index is 0.247. The summed E-state index contributed by atoms with van der Waals surface area (Å²) < 4.78 is 5.06. The number of nitrogens with zero attached hydrogens (tertiary/aromatic N) is 3. The summed E-state index contributed by atoms with van der Waals surface area (Å²) in [5.74, 6) is 1.03. The maximum atomic E-state index is 10.0. The Balaban J connectivity index is 2.29. The molecule has 0 amide bonds. The molecule has 84 valence electrons. The summed E-state index contributed by atoms with van der Waals surface area (Å²) in [4.78, 5) is 13.4. The first-order valence-electron chi connectivity index (χ1n) is 4.89. The highest BCUT2D eigenvalue weighted by atomic mass is 16.5. The van der Waals surface area contributed by atoms with E-state index in [0.717, 1.165) is 11.3 Å². The van der Waals surface area contributed by atoms with Gasteiger partial charge in [-0.05, 0) is 36.4 Å². The van der Waals surface area contributed by atoms with Gasteiger partial charge in [0.1, 0.15) is 5.75 Å². The van der Waals surface area contributed by atoms with Crippen molar-refractivity contribution in [2.75, 3.05) is 7.11 Å². The highest BCUT2D eigenvalue weighted by Crippen LogP contribution is 2.20. The van der Waals surface area contributed by atoms with E-state index in [1.165, 1.54) is 6.08 Å². The van der Waals surface area contributed by atoms with Gasteiger partial charge in [0, 0.05) is 5.56 Å². The number of hydrogen-bond acceptors (Lipinski definition) is 5. The van der Waals surface area contributed by atoms with Gasteiger partial charge in [0.25, 0.3) is 0 Å². The van der Waals surface area contributed by atoms with Crippen LogP contribution in [-0.4, -0.2) is 23.4 Å². The van der Waals surface area contributed by atoms with E-state index in [1.54, 1.807) is 19.2 Å². The van der Waals surface area contributed by atoms with Crippen molar-refractivity contribution in [3.8, 4) is 17.0 Å². The zero-order valence-electron chi connectivity index (χ0n) is 9.12. The Morgan fingerprint density at radius 2 is 1.88 bits per heavy atom. The minimum Gasteiger partial charge on any atom is -0.497 e. The van der Waals surface area contributed by atoms with Crippen LogP contribution in [0.4, 0.5) is 5.82 Å². The van der Waals surface area contributed by atoms with Gasteiger partial charge in [-0.2, -0.15) is 0 Å². The van der Waals surface area contributed by atoms with E-state index in [-0.39, 0.29) is 5.82 Å². The SMILES string of the molecule is COc1ccc(-c2ccc(N=C=O)nn2)cc1. The van der Waals surface area contributed by atoms with Gasteiger partial charge in [0.15, 0.2) is 5.82 Å². The summed E-state index contributed by atoms with van der Waals surface area (Å²) in [5.41, 5.74) is 1.62. The first kappa shape index (κ1) is 11.0. The number of ether oxygens (including phenoxy) is 1. The molecular formula is C12H9N3O2. The maximum absolute atomic E-state index is 10.0. The summed E-state index contributed by atoms with van der Waals surface area (Å²) >= 11 is 0. The predicted octanol–water partition coefficient (Wildman–Crippen LogP) is 2.12. The molecule has 2 rings (SSSR count). The van der Waals surface area contributed by atoms with Crippen LogP contribution in [0, 0.1) is 0 Å². The normalized spacial score (nSPS) is 9.47. The average Bonchev–Trinajstić information content (AvgIpc) is 2.40. The predicted molar refractivity (Wildman–Crippen MR) is 61.8 cm³/mol. The molecule has 0 fully saturated rings. The van der Waals surface area contributed by atoms with E-state index >= 15 is 0 Å². The van der Waals surface area contributed by atoms with Crippen molar-refractivity contribution in [2.45, 2.75) is 0 Å². The first-order valence-corrected chi connectivity index (χ1v) is 4.89. The Kier molecular flexibility index (Phi) is 3.23. The fourth-order valence-electron chi connectivity index (χ4n) is 1.35. The molecule has 0 N–H and O–H groups in total. The van der Waals surface area contributed by atoms with Crippen LogP contribution in [0.25, 0.3) is 11.3 Å². The molecule has 17 heavy (non-hydrogen) atoms. The second-order valence-electron chi connectivity index (χ2n) is 3.21. The quantitative estimate of drug-likeness (QED) is 0.595. The van der Waals surface area contributed by atoms with Crippen molar-refractivity contribution in [1.82, 2.24) is 10.2 Å². The van der Waals surface area contributed by atoms with Crippen LogP contribution in [0.2, 0.25) is 0 Å². The Morgan fingerprint density at radius 3 is 2.41 bits per heavy atom. The molecule has 2 aromatic rings. The second kappa shape index (κ2) is 5.01.